The first-order chi connectivity index (χ1) is 15.5. The summed E-state index contributed by atoms with van der Waals surface area (Å²) < 4.78 is 40.1. The summed E-state index contributed by atoms with van der Waals surface area (Å²) in [4.78, 5) is 10.8. The summed E-state index contributed by atoms with van der Waals surface area (Å²) in [6.45, 7) is 4.27. The van der Waals surface area contributed by atoms with E-state index in [0.29, 0.717) is 35.6 Å². The molecule has 0 amide bonds. The minimum Gasteiger partial charge on any atom is -0.496 e. The zero-order valence-corrected chi connectivity index (χ0v) is 18.4. The summed E-state index contributed by atoms with van der Waals surface area (Å²) in [5, 5.41) is 7.10. The first-order valence-corrected chi connectivity index (χ1v) is 10.3. The van der Waals surface area contributed by atoms with Crippen LogP contribution in [0.1, 0.15) is 13.8 Å². The maximum atomic E-state index is 14.9. The fraction of sp³-hybridized carbons (Fsp3) is 0.227. The number of hydrogen-bond acceptors (Lipinski definition) is 6. The van der Waals surface area contributed by atoms with Crippen molar-refractivity contribution in [2.75, 3.05) is 25.2 Å². The molecule has 0 spiro atoms. The van der Waals surface area contributed by atoms with Gasteiger partial charge in [-0.05, 0) is 26.0 Å². The number of aromatic nitrogens is 4. The Balaban J connectivity index is 1.92. The Labute approximate surface area is 188 Å². The number of anilines is 2. The molecule has 2 heterocycles. The summed E-state index contributed by atoms with van der Waals surface area (Å²) in [6.07, 6.45) is 1.51. The lowest BCUT2D eigenvalue weighted by atomic mass is 10.1. The maximum absolute atomic E-state index is 14.9. The lowest BCUT2D eigenvalue weighted by molar-refractivity contribution is 0.321. The summed E-state index contributed by atoms with van der Waals surface area (Å²) in [7, 11) is 1.45. The lowest BCUT2D eigenvalue weighted by Gasteiger charge is -2.23. The predicted octanol–water partition coefficient (Wildman–Crippen LogP) is 5.52. The Hall–Kier alpha value is -3.46. The molecule has 32 heavy (non-hydrogen) atoms. The number of fused-ring (bicyclic) bond motifs is 1. The molecule has 0 saturated heterocycles. The third kappa shape index (κ3) is 3.80. The van der Waals surface area contributed by atoms with Crippen molar-refractivity contribution in [3.05, 3.63) is 53.2 Å². The molecule has 0 aliphatic carbocycles. The third-order valence-corrected chi connectivity index (χ3v) is 5.17. The number of nitrogens with zero attached hydrogens (tertiary/aromatic N) is 4. The van der Waals surface area contributed by atoms with E-state index in [1.165, 1.54) is 31.5 Å². The third-order valence-electron chi connectivity index (χ3n) is 4.87. The van der Waals surface area contributed by atoms with Crippen LogP contribution in [0.4, 0.5) is 20.4 Å². The Morgan fingerprint density at radius 3 is 2.62 bits per heavy atom. The van der Waals surface area contributed by atoms with Gasteiger partial charge in [0.05, 0.1) is 36.2 Å². The van der Waals surface area contributed by atoms with Gasteiger partial charge in [0.2, 0.25) is 5.95 Å². The highest BCUT2D eigenvalue weighted by atomic mass is 35.5. The number of nitrogens with one attached hydrogen (secondary N) is 1. The fourth-order valence-electron chi connectivity index (χ4n) is 3.44. The normalized spacial score (nSPS) is 11.1. The molecule has 1 N–H and O–H groups in total. The summed E-state index contributed by atoms with van der Waals surface area (Å²) in [6, 6.07) is 7.18. The van der Waals surface area contributed by atoms with Crippen LogP contribution < -0.4 is 14.4 Å². The minimum atomic E-state index is -0.565. The van der Waals surface area contributed by atoms with Crippen molar-refractivity contribution in [3.63, 3.8) is 0 Å². The van der Waals surface area contributed by atoms with Crippen LogP contribution in [0.15, 0.2) is 36.5 Å². The molecule has 0 aliphatic heterocycles. The van der Waals surface area contributed by atoms with Gasteiger partial charge in [-0.15, -0.1) is 0 Å². The van der Waals surface area contributed by atoms with Crippen LogP contribution in [0.5, 0.6) is 11.5 Å². The highest BCUT2D eigenvalue weighted by molar-refractivity contribution is 6.33. The number of rotatable bonds is 7. The molecule has 0 aliphatic rings. The molecule has 0 saturated carbocycles. The first-order valence-electron chi connectivity index (χ1n) is 9.91. The molecule has 4 rings (SSSR count). The van der Waals surface area contributed by atoms with Gasteiger partial charge in [-0.1, -0.05) is 17.7 Å². The van der Waals surface area contributed by atoms with E-state index in [9.17, 15) is 8.78 Å². The van der Waals surface area contributed by atoms with E-state index in [1.54, 1.807) is 24.0 Å². The van der Waals surface area contributed by atoms with Gasteiger partial charge in [0.1, 0.15) is 28.3 Å². The molecule has 0 unspecified atom stereocenters. The number of halogens is 3. The van der Waals surface area contributed by atoms with Crippen molar-refractivity contribution in [3.8, 4) is 22.8 Å². The molecular formula is C22H20ClF2N5O2. The van der Waals surface area contributed by atoms with E-state index < -0.39 is 11.6 Å². The van der Waals surface area contributed by atoms with Crippen molar-refractivity contribution in [2.45, 2.75) is 13.8 Å². The van der Waals surface area contributed by atoms with Crippen molar-refractivity contribution < 1.29 is 18.3 Å². The largest absolute Gasteiger partial charge is 0.496 e. The van der Waals surface area contributed by atoms with Gasteiger partial charge in [0, 0.05) is 18.7 Å². The molecule has 0 atom stereocenters. The molecule has 2 aromatic heterocycles. The number of ether oxygens (including phenoxy) is 2. The second-order valence-electron chi connectivity index (χ2n) is 6.73. The topological polar surface area (TPSA) is 76.2 Å². The number of benzene rings is 2. The van der Waals surface area contributed by atoms with Gasteiger partial charge in [0.15, 0.2) is 11.6 Å². The molecule has 166 valence electrons. The van der Waals surface area contributed by atoms with Crippen LogP contribution >= 0.6 is 11.6 Å². The molecule has 2 aromatic carbocycles. The number of H-pyrrole nitrogens is 1. The molecular weight excluding hydrogens is 440 g/mol. The van der Waals surface area contributed by atoms with Gasteiger partial charge >= 0.3 is 0 Å². The monoisotopic (exact) mass is 459 g/mol. The smallest absolute Gasteiger partial charge is 0.231 e. The minimum absolute atomic E-state index is 0.0558. The standard InChI is InChI=1S/C22H20ClF2N5O2/c1-4-30(16-10-14(25)18(32-5-2)9-12(16)23)22-27-15-11-26-29-20(15)21(28-22)19-13(24)7-6-8-17(19)31-3/h6-11H,4-5H2,1-3H3,(H,26,29). The molecule has 4 aromatic rings. The number of aromatic amines is 1. The first kappa shape index (κ1) is 21.8. The molecule has 7 nitrogen and oxygen atoms in total. The van der Waals surface area contributed by atoms with Crippen molar-refractivity contribution in [1.82, 2.24) is 20.2 Å². The molecule has 0 fully saturated rings. The summed E-state index contributed by atoms with van der Waals surface area (Å²) in [5.41, 5.74) is 1.67. The van der Waals surface area contributed by atoms with Crippen molar-refractivity contribution in [1.29, 1.82) is 0 Å². The Kier molecular flexibility index (Phi) is 6.09. The Bertz CT molecular complexity index is 1280. The van der Waals surface area contributed by atoms with Crippen LogP contribution in [-0.2, 0) is 0 Å². The summed E-state index contributed by atoms with van der Waals surface area (Å²) in [5.74, 6) is -0.519. The van der Waals surface area contributed by atoms with Gasteiger partial charge in [-0.3, -0.25) is 5.10 Å². The average molecular weight is 460 g/mol. The highest BCUT2D eigenvalue weighted by Gasteiger charge is 2.23. The predicted molar refractivity (Wildman–Crippen MR) is 119 cm³/mol. The zero-order chi connectivity index (χ0) is 22.8. The van der Waals surface area contributed by atoms with E-state index in [0.717, 1.165) is 0 Å². The molecule has 0 radical (unpaired) electrons. The number of hydrogen-bond donors (Lipinski definition) is 1. The van der Waals surface area contributed by atoms with Crippen LogP contribution in [0.25, 0.3) is 22.3 Å². The quantitative estimate of drug-likeness (QED) is 0.392. The average Bonchev–Trinajstić information content (AvgIpc) is 3.26. The van der Waals surface area contributed by atoms with E-state index in [1.807, 2.05) is 6.92 Å². The number of methoxy groups -OCH3 is 1. The van der Waals surface area contributed by atoms with Gasteiger partial charge in [-0.25, -0.2) is 18.7 Å². The van der Waals surface area contributed by atoms with Crippen LogP contribution in [0.2, 0.25) is 5.02 Å². The van der Waals surface area contributed by atoms with E-state index >= 15 is 0 Å². The van der Waals surface area contributed by atoms with Crippen molar-refractivity contribution >= 4 is 34.3 Å². The van der Waals surface area contributed by atoms with Gasteiger partial charge in [0.25, 0.3) is 0 Å². The van der Waals surface area contributed by atoms with E-state index in [4.69, 9.17) is 21.1 Å². The van der Waals surface area contributed by atoms with Crippen molar-refractivity contribution in [2.24, 2.45) is 0 Å². The van der Waals surface area contributed by atoms with Crippen LogP contribution in [0, 0.1) is 11.6 Å². The maximum Gasteiger partial charge on any atom is 0.231 e. The van der Waals surface area contributed by atoms with E-state index in [-0.39, 0.29) is 28.0 Å². The summed E-state index contributed by atoms with van der Waals surface area (Å²) >= 11 is 6.44. The second kappa shape index (κ2) is 8.96. The highest BCUT2D eigenvalue weighted by Crippen LogP contribution is 2.39. The molecule has 0 bridgehead atoms. The Morgan fingerprint density at radius 2 is 1.91 bits per heavy atom. The van der Waals surface area contributed by atoms with Crippen LogP contribution in [-0.4, -0.2) is 40.4 Å². The second-order valence-corrected chi connectivity index (χ2v) is 7.14. The van der Waals surface area contributed by atoms with E-state index in [2.05, 4.69) is 20.2 Å². The Morgan fingerprint density at radius 1 is 1.09 bits per heavy atom. The lowest BCUT2D eigenvalue weighted by Crippen LogP contribution is -2.20. The van der Waals surface area contributed by atoms with Gasteiger partial charge in [-0.2, -0.15) is 5.10 Å². The van der Waals surface area contributed by atoms with Gasteiger partial charge < -0.3 is 14.4 Å². The molecule has 10 heteroatoms. The SMILES string of the molecule is CCOc1cc(Cl)c(N(CC)c2nc(-c3c(F)cccc3OC)c3[nH]ncc3n2)cc1F. The fourth-order valence-corrected chi connectivity index (χ4v) is 3.70. The zero-order valence-electron chi connectivity index (χ0n) is 17.6. The van der Waals surface area contributed by atoms with Crippen LogP contribution in [0.3, 0.4) is 0 Å².